The van der Waals surface area contributed by atoms with E-state index in [1.807, 2.05) is 36.2 Å². The number of fused-ring (bicyclic) bond motifs is 2. The van der Waals surface area contributed by atoms with E-state index in [0.717, 1.165) is 104 Å². The Morgan fingerprint density at radius 1 is 0.864 bits per heavy atom. The first-order chi connectivity index (χ1) is 28.5. The number of piperidine rings is 2. The van der Waals surface area contributed by atoms with E-state index in [-0.39, 0.29) is 35.9 Å². The Balaban J connectivity index is 0.813. The fourth-order valence-corrected chi connectivity index (χ4v) is 9.73. The molecule has 0 radical (unpaired) electrons. The molecule has 2 saturated heterocycles. The molecule has 0 spiro atoms. The van der Waals surface area contributed by atoms with Gasteiger partial charge < -0.3 is 19.4 Å². The van der Waals surface area contributed by atoms with Crippen molar-refractivity contribution in [3.8, 4) is 11.8 Å². The van der Waals surface area contributed by atoms with Crippen LogP contribution in [0.1, 0.15) is 106 Å². The summed E-state index contributed by atoms with van der Waals surface area (Å²) >= 11 is 0. The third-order valence-electron chi connectivity index (χ3n) is 13.4. The van der Waals surface area contributed by atoms with Crippen LogP contribution in [0.4, 0.5) is 11.4 Å². The van der Waals surface area contributed by atoms with Crippen LogP contribution in [0.2, 0.25) is 0 Å². The third-order valence-corrected chi connectivity index (χ3v) is 13.4. The maximum atomic E-state index is 13.6. The zero-order valence-electron chi connectivity index (χ0n) is 34.2. The molecule has 1 atom stereocenters. The highest BCUT2D eigenvalue weighted by Gasteiger charge is 2.45. The summed E-state index contributed by atoms with van der Waals surface area (Å²) in [7, 11) is 4.07. The molecule has 1 saturated carbocycles. The Hall–Kier alpha value is -5.74. The molecule has 8 rings (SSSR count). The summed E-state index contributed by atoms with van der Waals surface area (Å²) < 4.78 is 6.09. The van der Waals surface area contributed by atoms with Gasteiger partial charge in [-0.3, -0.25) is 39.1 Å². The van der Waals surface area contributed by atoms with Crippen molar-refractivity contribution < 1.29 is 28.7 Å². The molecule has 59 heavy (non-hydrogen) atoms. The van der Waals surface area contributed by atoms with Gasteiger partial charge in [-0.15, -0.1) is 0 Å². The second kappa shape index (κ2) is 16.9. The molecule has 308 valence electrons. The van der Waals surface area contributed by atoms with Crippen molar-refractivity contribution in [1.29, 1.82) is 5.26 Å². The Morgan fingerprint density at radius 2 is 1.56 bits per heavy atom. The quantitative estimate of drug-likeness (QED) is 0.289. The fourth-order valence-electron chi connectivity index (χ4n) is 9.73. The van der Waals surface area contributed by atoms with Crippen LogP contribution in [-0.2, 0) is 22.6 Å². The summed E-state index contributed by atoms with van der Waals surface area (Å²) in [5, 5.41) is 11.7. The number of nitrogens with one attached hydrogen (secondary N) is 1. The van der Waals surface area contributed by atoms with Gasteiger partial charge in [-0.1, -0.05) is 6.92 Å². The SMILES string of the molecule is CCc1cc(N(C)[C@H]2CC[C@H](N(C)C(=O)c3ccc(N4CCC(CN5CCOc6cc7c(cc6C5)C(=O)N(C5CCC(=O)NC5=O)C7=O)CC4)cc3)CC2)ccc1C#N. The summed E-state index contributed by atoms with van der Waals surface area (Å²) in [6.07, 6.45) is 6.98. The third kappa shape index (κ3) is 8.02. The van der Waals surface area contributed by atoms with Gasteiger partial charge in [0.05, 0.1) is 22.8 Å². The minimum atomic E-state index is -1.00. The van der Waals surface area contributed by atoms with Gasteiger partial charge in [0.25, 0.3) is 17.7 Å². The topological polar surface area (TPSA) is 147 Å². The molecule has 0 aromatic heterocycles. The lowest BCUT2D eigenvalue weighted by atomic mass is 9.89. The van der Waals surface area contributed by atoms with Crippen LogP contribution in [0.15, 0.2) is 54.6 Å². The number of aryl methyl sites for hydroxylation is 1. The number of anilines is 2. The van der Waals surface area contributed by atoms with E-state index >= 15 is 0 Å². The molecule has 4 heterocycles. The molecular formula is C46H53N7O6. The molecule has 13 nitrogen and oxygen atoms in total. The molecule has 1 N–H and O–H groups in total. The Bertz CT molecular complexity index is 2180. The Labute approximate surface area is 345 Å². The average molecular weight is 800 g/mol. The summed E-state index contributed by atoms with van der Waals surface area (Å²) in [6.45, 7) is 6.57. The molecule has 3 aromatic rings. The number of imide groups is 2. The van der Waals surface area contributed by atoms with E-state index in [2.05, 4.69) is 58.3 Å². The van der Waals surface area contributed by atoms with Gasteiger partial charge in [-0.25, -0.2) is 0 Å². The monoisotopic (exact) mass is 799 g/mol. The normalized spacial score (nSPS) is 22.5. The van der Waals surface area contributed by atoms with Gasteiger partial charge in [0.15, 0.2) is 0 Å². The van der Waals surface area contributed by atoms with E-state index in [0.29, 0.717) is 36.4 Å². The number of ether oxygens (including phenoxy) is 1. The first-order valence-corrected chi connectivity index (χ1v) is 21.1. The first kappa shape index (κ1) is 40.1. The number of carbonyl (C=O) groups excluding carboxylic acids is 5. The van der Waals surface area contributed by atoms with E-state index in [4.69, 9.17) is 4.74 Å². The van der Waals surface area contributed by atoms with Crippen molar-refractivity contribution in [3.63, 3.8) is 0 Å². The van der Waals surface area contributed by atoms with Crippen LogP contribution < -0.4 is 19.9 Å². The molecule has 13 heteroatoms. The Kier molecular flexibility index (Phi) is 11.4. The molecule has 1 unspecified atom stereocenters. The van der Waals surface area contributed by atoms with Crippen molar-refractivity contribution in [1.82, 2.24) is 20.0 Å². The molecular weight excluding hydrogens is 747 g/mol. The molecule has 4 aliphatic heterocycles. The van der Waals surface area contributed by atoms with Crippen LogP contribution in [0.3, 0.4) is 0 Å². The highest BCUT2D eigenvalue weighted by atomic mass is 16.5. The van der Waals surface area contributed by atoms with Gasteiger partial charge in [0, 0.05) is 87.8 Å². The number of rotatable bonds is 9. The average Bonchev–Trinajstić information content (AvgIpc) is 3.36. The second-order valence-electron chi connectivity index (χ2n) is 16.8. The lowest BCUT2D eigenvalue weighted by molar-refractivity contribution is -0.136. The fraction of sp³-hybridized carbons (Fsp3) is 0.478. The van der Waals surface area contributed by atoms with Crippen LogP contribution in [0.5, 0.6) is 5.75 Å². The predicted octanol–water partition coefficient (Wildman–Crippen LogP) is 5.15. The number of benzene rings is 3. The standard InChI is InChI=1S/C46H53N7O6/c1-4-30-23-37(10-7-32(30)26-47)49(2)34-11-13-35(14-12-34)50(3)44(56)31-5-8-36(9-6-31)52-19-17-29(18-20-52)27-51-21-22-59-41-25-39-38(24-33(41)28-51)45(57)53(46(39)58)40-15-16-42(54)48-43(40)55/h5-10,23-25,29,34-35,40H,4,11-22,27-28H2,1-3H3,(H,48,54,55)/t34-,35-,40?. The number of hydrogen-bond donors (Lipinski definition) is 1. The number of amides is 5. The lowest BCUT2D eigenvalue weighted by Crippen LogP contribution is -2.54. The van der Waals surface area contributed by atoms with Crippen LogP contribution in [-0.4, -0.2) is 109 Å². The minimum absolute atomic E-state index is 0.0577. The van der Waals surface area contributed by atoms with Crippen molar-refractivity contribution >= 4 is 40.9 Å². The van der Waals surface area contributed by atoms with Crippen LogP contribution in [0.25, 0.3) is 0 Å². The summed E-state index contributed by atoms with van der Waals surface area (Å²) in [5.74, 6) is -0.940. The van der Waals surface area contributed by atoms with Crippen molar-refractivity contribution in [3.05, 3.63) is 88.0 Å². The molecule has 5 aliphatic rings. The number of hydrogen-bond acceptors (Lipinski definition) is 10. The zero-order valence-corrected chi connectivity index (χ0v) is 34.2. The van der Waals surface area contributed by atoms with E-state index in [9.17, 15) is 29.2 Å². The van der Waals surface area contributed by atoms with Gasteiger partial charge in [-0.05, 0) is 117 Å². The molecule has 5 amide bonds. The van der Waals surface area contributed by atoms with Gasteiger partial charge in [-0.2, -0.15) is 5.26 Å². The highest BCUT2D eigenvalue weighted by molar-refractivity contribution is 6.23. The zero-order chi connectivity index (χ0) is 41.4. The smallest absolute Gasteiger partial charge is 0.262 e. The second-order valence-corrected chi connectivity index (χ2v) is 16.8. The van der Waals surface area contributed by atoms with Crippen molar-refractivity contribution in [2.45, 2.75) is 89.4 Å². The number of nitriles is 1. The summed E-state index contributed by atoms with van der Waals surface area (Å²) in [4.78, 5) is 74.6. The van der Waals surface area contributed by atoms with Crippen LogP contribution >= 0.6 is 0 Å². The minimum Gasteiger partial charge on any atom is -0.492 e. The van der Waals surface area contributed by atoms with Crippen LogP contribution in [0, 0.1) is 17.2 Å². The number of carbonyl (C=O) groups is 5. The molecule has 3 aromatic carbocycles. The Morgan fingerprint density at radius 3 is 2.24 bits per heavy atom. The maximum absolute atomic E-state index is 13.6. The van der Waals surface area contributed by atoms with E-state index in [1.165, 1.54) is 0 Å². The summed E-state index contributed by atoms with van der Waals surface area (Å²) in [5.41, 5.74) is 6.14. The molecule has 3 fully saturated rings. The highest BCUT2D eigenvalue weighted by Crippen LogP contribution is 2.36. The molecule has 1 aliphatic carbocycles. The van der Waals surface area contributed by atoms with Crippen molar-refractivity contribution in [2.24, 2.45) is 5.92 Å². The maximum Gasteiger partial charge on any atom is 0.262 e. The molecule has 0 bridgehead atoms. The lowest BCUT2D eigenvalue weighted by Gasteiger charge is -2.39. The predicted molar refractivity (Wildman–Crippen MR) is 222 cm³/mol. The van der Waals surface area contributed by atoms with Crippen molar-refractivity contribution in [2.75, 3.05) is 56.7 Å². The van der Waals surface area contributed by atoms with E-state index in [1.54, 1.807) is 12.1 Å². The van der Waals surface area contributed by atoms with Gasteiger partial charge in [0.1, 0.15) is 18.4 Å². The summed E-state index contributed by atoms with van der Waals surface area (Å²) in [6, 6.07) is 19.5. The van der Waals surface area contributed by atoms with E-state index < -0.39 is 29.7 Å². The van der Waals surface area contributed by atoms with Gasteiger partial charge in [0.2, 0.25) is 11.8 Å². The number of nitrogens with zero attached hydrogens (tertiary/aromatic N) is 6. The first-order valence-electron chi connectivity index (χ1n) is 21.1. The van der Waals surface area contributed by atoms with Gasteiger partial charge >= 0.3 is 0 Å². The largest absolute Gasteiger partial charge is 0.492 e.